The van der Waals surface area contributed by atoms with E-state index >= 15 is 0 Å². The molecule has 1 aromatic heterocycles. The van der Waals surface area contributed by atoms with Gasteiger partial charge in [-0.25, -0.2) is 0 Å². The summed E-state index contributed by atoms with van der Waals surface area (Å²) in [4.78, 5) is 0. The van der Waals surface area contributed by atoms with Crippen molar-refractivity contribution in [1.29, 1.82) is 0 Å². The van der Waals surface area contributed by atoms with Gasteiger partial charge in [-0.1, -0.05) is 6.92 Å². The standard InChI is InChI=1S/C11H19N3/c1-8-6-10(14(3)13-8)11(2,7-12)9-4-5-9/h6,9H,4-5,7,12H2,1-3H3. The first-order valence-electron chi connectivity index (χ1n) is 5.29. The second kappa shape index (κ2) is 3.09. The second-order valence-corrected chi connectivity index (χ2v) is 4.69. The van der Waals surface area contributed by atoms with Gasteiger partial charge in [-0.3, -0.25) is 4.68 Å². The van der Waals surface area contributed by atoms with Crippen LogP contribution in [0.2, 0.25) is 0 Å². The van der Waals surface area contributed by atoms with Gasteiger partial charge in [0.25, 0.3) is 0 Å². The van der Waals surface area contributed by atoms with E-state index in [1.54, 1.807) is 0 Å². The first-order chi connectivity index (χ1) is 6.58. The maximum atomic E-state index is 5.92. The first-order valence-corrected chi connectivity index (χ1v) is 5.29. The van der Waals surface area contributed by atoms with Crippen molar-refractivity contribution in [2.24, 2.45) is 18.7 Å². The van der Waals surface area contributed by atoms with Crippen molar-refractivity contribution in [1.82, 2.24) is 9.78 Å². The van der Waals surface area contributed by atoms with Crippen LogP contribution in [0, 0.1) is 12.8 Å². The SMILES string of the molecule is Cc1cc(C(C)(CN)C2CC2)n(C)n1. The molecule has 0 aliphatic heterocycles. The molecule has 0 aromatic carbocycles. The maximum absolute atomic E-state index is 5.92. The van der Waals surface area contributed by atoms with Gasteiger partial charge in [-0.2, -0.15) is 5.10 Å². The fraction of sp³-hybridized carbons (Fsp3) is 0.727. The zero-order chi connectivity index (χ0) is 10.3. The number of hydrogen-bond donors (Lipinski definition) is 1. The highest BCUT2D eigenvalue weighted by molar-refractivity contribution is 5.23. The third-order valence-electron chi connectivity index (χ3n) is 3.49. The summed E-state index contributed by atoms with van der Waals surface area (Å²) in [5.74, 6) is 0.766. The van der Waals surface area contributed by atoms with Crippen molar-refractivity contribution >= 4 is 0 Å². The summed E-state index contributed by atoms with van der Waals surface area (Å²) >= 11 is 0. The molecule has 1 heterocycles. The molecule has 1 unspecified atom stereocenters. The molecule has 78 valence electrons. The van der Waals surface area contributed by atoms with Crippen LogP contribution in [0.4, 0.5) is 0 Å². The van der Waals surface area contributed by atoms with E-state index in [0.717, 1.165) is 18.2 Å². The fourth-order valence-corrected chi connectivity index (χ4v) is 2.35. The van der Waals surface area contributed by atoms with Crippen LogP contribution in [0.15, 0.2) is 6.07 Å². The van der Waals surface area contributed by atoms with Crippen LogP contribution in [0.25, 0.3) is 0 Å². The normalized spacial score (nSPS) is 20.9. The van der Waals surface area contributed by atoms with Crippen LogP contribution in [0.5, 0.6) is 0 Å². The van der Waals surface area contributed by atoms with Crippen LogP contribution in [0.1, 0.15) is 31.2 Å². The van der Waals surface area contributed by atoms with Gasteiger partial charge in [0.05, 0.1) is 5.69 Å². The van der Waals surface area contributed by atoms with Gasteiger partial charge in [-0.05, 0) is 31.7 Å². The average Bonchev–Trinajstić information content (AvgIpc) is 2.92. The Hall–Kier alpha value is -0.830. The Morgan fingerprint density at radius 2 is 2.29 bits per heavy atom. The molecule has 3 nitrogen and oxygen atoms in total. The van der Waals surface area contributed by atoms with Crippen molar-refractivity contribution in [2.75, 3.05) is 6.54 Å². The molecule has 0 amide bonds. The molecular weight excluding hydrogens is 174 g/mol. The van der Waals surface area contributed by atoms with E-state index < -0.39 is 0 Å². The first kappa shape index (κ1) is 9.71. The molecule has 1 aromatic rings. The van der Waals surface area contributed by atoms with Crippen LogP contribution >= 0.6 is 0 Å². The highest BCUT2D eigenvalue weighted by Crippen LogP contribution is 2.46. The lowest BCUT2D eigenvalue weighted by Gasteiger charge is -2.28. The molecule has 1 fully saturated rings. The number of rotatable bonds is 3. The summed E-state index contributed by atoms with van der Waals surface area (Å²) in [7, 11) is 2.01. The van der Waals surface area contributed by atoms with Gasteiger partial charge in [0.15, 0.2) is 0 Å². The van der Waals surface area contributed by atoms with Crippen molar-refractivity contribution in [3.05, 3.63) is 17.5 Å². The van der Waals surface area contributed by atoms with Gasteiger partial charge in [0, 0.05) is 24.7 Å². The summed E-state index contributed by atoms with van der Waals surface area (Å²) in [5, 5.41) is 4.40. The molecule has 14 heavy (non-hydrogen) atoms. The summed E-state index contributed by atoms with van der Waals surface area (Å²) in [5.41, 5.74) is 8.43. The van der Waals surface area contributed by atoms with Crippen molar-refractivity contribution in [2.45, 2.75) is 32.1 Å². The second-order valence-electron chi connectivity index (χ2n) is 4.69. The lowest BCUT2D eigenvalue weighted by atomic mass is 9.81. The Kier molecular flexibility index (Phi) is 2.14. The van der Waals surface area contributed by atoms with E-state index in [-0.39, 0.29) is 5.41 Å². The van der Waals surface area contributed by atoms with Gasteiger partial charge >= 0.3 is 0 Å². The van der Waals surface area contributed by atoms with Gasteiger partial charge in [0.1, 0.15) is 0 Å². The minimum Gasteiger partial charge on any atom is -0.330 e. The fourth-order valence-electron chi connectivity index (χ4n) is 2.35. The molecule has 1 atom stereocenters. The number of hydrogen-bond acceptors (Lipinski definition) is 2. The van der Waals surface area contributed by atoms with Gasteiger partial charge < -0.3 is 5.73 Å². The topological polar surface area (TPSA) is 43.8 Å². The molecule has 3 heteroatoms. The molecule has 0 bridgehead atoms. The number of aryl methyl sites for hydroxylation is 2. The molecule has 1 aliphatic carbocycles. The molecular formula is C11H19N3. The molecule has 0 radical (unpaired) electrons. The Morgan fingerprint density at radius 3 is 2.64 bits per heavy atom. The van der Waals surface area contributed by atoms with Crippen molar-refractivity contribution in [3.63, 3.8) is 0 Å². The van der Waals surface area contributed by atoms with E-state index in [9.17, 15) is 0 Å². The Labute approximate surface area is 85.3 Å². The molecule has 0 spiro atoms. The van der Waals surface area contributed by atoms with E-state index in [2.05, 4.69) is 18.1 Å². The smallest absolute Gasteiger partial charge is 0.0596 e. The molecule has 0 saturated heterocycles. The zero-order valence-corrected chi connectivity index (χ0v) is 9.25. The Bertz CT molecular complexity index is 338. The summed E-state index contributed by atoms with van der Waals surface area (Å²) < 4.78 is 1.99. The maximum Gasteiger partial charge on any atom is 0.0596 e. The lowest BCUT2D eigenvalue weighted by molar-refractivity contribution is 0.389. The van der Waals surface area contributed by atoms with Crippen LogP contribution < -0.4 is 5.73 Å². The highest BCUT2D eigenvalue weighted by atomic mass is 15.3. The third-order valence-corrected chi connectivity index (χ3v) is 3.49. The monoisotopic (exact) mass is 193 g/mol. The third kappa shape index (κ3) is 1.36. The van der Waals surface area contributed by atoms with Gasteiger partial charge in [0.2, 0.25) is 0 Å². The van der Waals surface area contributed by atoms with E-state index in [4.69, 9.17) is 5.73 Å². The average molecular weight is 193 g/mol. The van der Waals surface area contributed by atoms with E-state index in [0.29, 0.717) is 0 Å². The summed E-state index contributed by atoms with van der Waals surface area (Å²) in [6.07, 6.45) is 2.63. The number of aromatic nitrogens is 2. The zero-order valence-electron chi connectivity index (χ0n) is 9.25. The lowest BCUT2D eigenvalue weighted by Crippen LogP contribution is -2.36. The minimum absolute atomic E-state index is 0.135. The minimum atomic E-state index is 0.135. The summed E-state index contributed by atoms with van der Waals surface area (Å²) in [6, 6.07) is 2.17. The van der Waals surface area contributed by atoms with E-state index in [1.165, 1.54) is 18.5 Å². The van der Waals surface area contributed by atoms with Crippen molar-refractivity contribution < 1.29 is 0 Å². The molecule has 2 rings (SSSR count). The summed E-state index contributed by atoms with van der Waals surface area (Å²) in [6.45, 7) is 5.02. The number of nitrogens with zero attached hydrogens (tertiary/aromatic N) is 2. The number of nitrogens with two attached hydrogens (primary N) is 1. The largest absolute Gasteiger partial charge is 0.330 e. The molecule has 2 N–H and O–H groups in total. The quantitative estimate of drug-likeness (QED) is 0.787. The Morgan fingerprint density at radius 1 is 1.64 bits per heavy atom. The highest BCUT2D eigenvalue weighted by Gasteiger charge is 2.43. The van der Waals surface area contributed by atoms with Crippen LogP contribution in [0.3, 0.4) is 0 Å². The van der Waals surface area contributed by atoms with Crippen LogP contribution in [-0.4, -0.2) is 16.3 Å². The predicted molar refractivity (Wildman–Crippen MR) is 57.1 cm³/mol. The van der Waals surface area contributed by atoms with Gasteiger partial charge in [-0.15, -0.1) is 0 Å². The van der Waals surface area contributed by atoms with Crippen LogP contribution in [-0.2, 0) is 12.5 Å². The molecule has 1 saturated carbocycles. The molecule has 1 aliphatic rings. The van der Waals surface area contributed by atoms with E-state index in [1.807, 2.05) is 18.7 Å². The van der Waals surface area contributed by atoms with Crippen molar-refractivity contribution in [3.8, 4) is 0 Å². The predicted octanol–water partition coefficient (Wildman–Crippen LogP) is 1.35. The Balaban J connectivity index is 2.39.